The van der Waals surface area contributed by atoms with Gasteiger partial charge in [-0.05, 0) is 122 Å². The number of esters is 2. The molecule has 0 fully saturated rings. The first-order chi connectivity index (χ1) is 27.2. The zero-order valence-corrected chi connectivity index (χ0v) is 32.2. The molecule has 0 atom stereocenters. The van der Waals surface area contributed by atoms with Gasteiger partial charge in [-0.3, -0.25) is 0 Å². The summed E-state index contributed by atoms with van der Waals surface area (Å²) in [6.07, 6.45) is 3.11. The average Bonchev–Trinajstić information content (AvgIpc) is 3.23. The predicted molar refractivity (Wildman–Crippen MR) is 229 cm³/mol. The summed E-state index contributed by atoms with van der Waals surface area (Å²) in [7, 11) is 0. The number of carbonyl (C=O) groups is 2. The molecule has 0 N–H and O–H groups in total. The zero-order valence-electron chi connectivity index (χ0n) is 32.2. The molecule has 56 heavy (non-hydrogen) atoms. The van der Waals surface area contributed by atoms with E-state index in [1.807, 2.05) is 12.1 Å². The molecule has 0 spiro atoms. The van der Waals surface area contributed by atoms with E-state index >= 15 is 0 Å². The molecule has 0 saturated carbocycles. The highest BCUT2D eigenvalue weighted by Crippen LogP contribution is 2.36. The first kappa shape index (κ1) is 39.0. The van der Waals surface area contributed by atoms with E-state index in [0.717, 1.165) is 58.1 Å². The molecular weight excluding hydrogens is 693 g/mol. The second-order valence-electron chi connectivity index (χ2n) is 13.8. The maximum atomic E-state index is 11.8. The number of aryl methyl sites for hydroxylation is 2. The van der Waals surface area contributed by atoms with Crippen LogP contribution in [0, 0.1) is 0 Å². The summed E-state index contributed by atoms with van der Waals surface area (Å²) in [4.78, 5) is 28.0. The molecule has 0 unspecified atom stereocenters. The molecule has 0 heterocycles. The fraction of sp³-hybridized carbons (Fsp3) is 0.160. The van der Waals surface area contributed by atoms with Crippen LogP contribution < -0.4 is 9.80 Å². The van der Waals surface area contributed by atoms with Gasteiger partial charge in [-0.25, -0.2) is 9.59 Å². The minimum atomic E-state index is -0.359. The summed E-state index contributed by atoms with van der Waals surface area (Å²) in [6, 6.07) is 55.1. The molecule has 0 amide bonds. The lowest BCUT2D eigenvalue weighted by Crippen LogP contribution is -2.11. The summed E-state index contributed by atoms with van der Waals surface area (Å²) < 4.78 is 10.6. The Hall–Kier alpha value is -6.66. The topological polar surface area (TPSA) is 59.1 Å². The van der Waals surface area contributed by atoms with Crippen LogP contribution in [0.15, 0.2) is 182 Å². The van der Waals surface area contributed by atoms with E-state index in [9.17, 15) is 9.59 Å². The monoisotopic (exact) mass is 740 g/mol. The predicted octanol–water partition coefficient (Wildman–Crippen LogP) is 11.7. The van der Waals surface area contributed by atoms with Crippen molar-refractivity contribution in [3.05, 3.63) is 204 Å². The third-order valence-corrected chi connectivity index (χ3v) is 9.45. The largest absolute Gasteiger partial charge is 0.462 e. The van der Waals surface area contributed by atoms with Gasteiger partial charge in [-0.2, -0.15) is 0 Å². The molecule has 6 rings (SSSR count). The highest BCUT2D eigenvalue weighted by molar-refractivity contribution is 5.87. The maximum Gasteiger partial charge on any atom is 0.333 e. The first-order valence-corrected chi connectivity index (χ1v) is 19.0. The fourth-order valence-corrected chi connectivity index (χ4v) is 6.35. The van der Waals surface area contributed by atoms with Gasteiger partial charge in [-0.15, -0.1) is 0 Å². The number of rotatable bonds is 17. The first-order valence-electron chi connectivity index (χ1n) is 19.0. The number of nitrogens with zero attached hydrogens (tertiary/aromatic N) is 2. The number of hydrogen-bond donors (Lipinski definition) is 0. The molecule has 6 heteroatoms. The van der Waals surface area contributed by atoms with E-state index in [1.54, 1.807) is 13.8 Å². The van der Waals surface area contributed by atoms with Crippen LogP contribution in [-0.2, 0) is 44.7 Å². The second-order valence-corrected chi connectivity index (χ2v) is 13.8. The fourth-order valence-electron chi connectivity index (χ4n) is 6.35. The number of ether oxygens (including phenoxy) is 2. The number of para-hydroxylation sites is 2. The summed E-state index contributed by atoms with van der Waals surface area (Å²) >= 11 is 0. The molecule has 6 nitrogen and oxygen atoms in total. The van der Waals surface area contributed by atoms with Crippen LogP contribution in [0.4, 0.5) is 34.1 Å². The summed E-state index contributed by atoms with van der Waals surface area (Å²) in [5.41, 5.74) is 11.9. The van der Waals surface area contributed by atoms with Gasteiger partial charge in [0.15, 0.2) is 0 Å². The van der Waals surface area contributed by atoms with E-state index in [4.69, 9.17) is 9.47 Å². The molecular formula is C50H48N2O4. The van der Waals surface area contributed by atoms with Gasteiger partial charge in [0.05, 0.1) is 13.2 Å². The number of benzene rings is 6. The average molecular weight is 741 g/mol. The normalized spacial score (nSPS) is 10.7. The minimum absolute atomic E-state index is 0.319. The summed E-state index contributed by atoms with van der Waals surface area (Å²) in [6.45, 7) is 11.2. The van der Waals surface area contributed by atoms with Crippen molar-refractivity contribution in [2.75, 3.05) is 23.0 Å². The standard InChI is InChI=1S/C50H48N2O4/c1-37(2)49(53)55-35-33-41-21-29-47(30-22-41)51(43-11-7-5-8-12-43)45-25-17-39(18-26-45)15-16-40-19-27-46(28-20-40)52(44-13-9-6-10-14-44)48-31-23-42(24-32-48)34-36-56-50(54)38(3)4/h5-14,17-32H,1,3,15-16,33-36H2,2,4H3. The molecule has 0 saturated heterocycles. The van der Waals surface area contributed by atoms with Crippen LogP contribution in [-0.4, -0.2) is 25.2 Å². The Morgan fingerprint density at radius 3 is 0.911 bits per heavy atom. The van der Waals surface area contributed by atoms with Crippen LogP contribution in [0.5, 0.6) is 0 Å². The van der Waals surface area contributed by atoms with Crippen molar-refractivity contribution in [1.29, 1.82) is 0 Å². The van der Waals surface area contributed by atoms with Crippen molar-refractivity contribution in [3.8, 4) is 0 Å². The van der Waals surface area contributed by atoms with Crippen LogP contribution in [0.2, 0.25) is 0 Å². The van der Waals surface area contributed by atoms with Crippen molar-refractivity contribution in [2.24, 2.45) is 0 Å². The summed E-state index contributed by atoms with van der Waals surface area (Å²) in [5.74, 6) is -0.719. The molecule has 0 aromatic heterocycles. The SMILES string of the molecule is C=C(C)C(=O)OCCc1ccc(N(c2ccccc2)c2ccc(CCc3ccc(N(c4ccccc4)c4ccc(CCOC(=O)C(=C)C)cc4)cc3)cc2)cc1. The number of hydrogen-bond acceptors (Lipinski definition) is 6. The van der Waals surface area contributed by atoms with Gasteiger partial charge in [-0.1, -0.05) is 98.1 Å². The zero-order chi connectivity index (χ0) is 39.3. The Morgan fingerprint density at radius 1 is 0.393 bits per heavy atom. The molecule has 6 aromatic rings. The molecule has 6 aromatic carbocycles. The van der Waals surface area contributed by atoms with Gasteiger partial charge in [0.1, 0.15) is 0 Å². The van der Waals surface area contributed by atoms with Crippen molar-refractivity contribution >= 4 is 46.1 Å². The lowest BCUT2D eigenvalue weighted by atomic mass is 10.0. The maximum absolute atomic E-state index is 11.8. The van der Waals surface area contributed by atoms with E-state index in [1.165, 1.54) is 11.1 Å². The number of anilines is 6. The third-order valence-electron chi connectivity index (χ3n) is 9.45. The summed E-state index contributed by atoms with van der Waals surface area (Å²) in [5, 5.41) is 0. The van der Waals surface area contributed by atoms with Gasteiger partial charge in [0.25, 0.3) is 0 Å². The van der Waals surface area contributed by atoms with Crippen molar-refractivity contribution in [3.63, 3.8) is 0 Å². The molecule has 282 valence electrons. The minimum Gasteiger partial charge on any atom is -0.462 e. The highest BCUT2D eigenvalue weighted by atomic mass is 16.5. The van der Waals surface area contributed by atoms with E-state index < -0.39 is 0 Å². The van der Waals surface area contributed by atoms with E-state index in [2.05, 4.69) is 169 Å². The molecule has 0 aliphatic rings. The van der Waals surface area contributed by atoms with Crippen molar-refractivity contribution in [2.45, 2.75) is 39.5 Å². The quantitative estimate of drug-likeness (QED) is 0.0685. The Morgan fingerprint density at radius 2 is 0.643 bits per heavy atom. The number of carbonyl (C=O) groups excluding carboxylic acids is 2. The van der Waals surface area contributed by atoms with Crippen LogP contribution in [0.1, 0.15) is 36.1 Å². The Balaban J connectivity index is 1.11. The second kappa shape index (κ2) is 19.1. The van der Waals surface area contributed by atoms with E-state index in [0.29, 0.717) is 37.2 Å². The smallest absolute Gasteiger partial charge is 0.333 e. The lowest BCUT2D eigenvalue weighted by molar-refractivity contribution is -0.139. The molecule has 0 radical (unpaired) electrons. The highest BCUT2D eigenvalue weighted by Gasteiger charge is 2.15. The Bertz CT molecular complexity index is 2050. The van der Waals surface area contributed by atoms with Gasteiger partial charge >= 0.3 is 11.9 Å². The molecule has 0 bridgehead atoms. The van der Waals surface area contributed by atoms with Crippen LogP contribution >= 0.6 is 0 Å². The van der Waals surface area contributed by atoms with Gasteiger partial charge in [0, 0.05) is 58.1 Å². The van der Waals surface area contributed by atoms with Gasteiger partial charge < -0.3 is 19.3 Å². The lowest BCUT2D eigenvalue weighted by Gasteiger charge is -2.26. The van der Waals surface area contributed by atoms with Crippen LogP contribution in [0.25, 0.3) is 0 Å². The molecule has 0 aliphatic heterocycles. The van der Waals surface area contributed by atoms with Crippen molar-refractivity contribution in [1.82, 2.24) is 0 Å². The van der Waals surface area contributed by atoms with Crippen LogP contribution in [0.3, 0.4) is 0 Å². The van der Waals surface area contributed by atoms with E-state index in [-0.39, 0.29) is 11.9 Å². The molecule has 0 aliphatic carbocycles. The van der Waals surface area contributed by atoms with Crippen molar-refractivity contribution < 1.29 is 19.1 Å². The third kappa shape index (κ3) is 10.5. The van der Waals surface area contributed by atoms with Gasteiger partial charge in [0.2, 0.25) is 0 Å². The Kier molecular flexibility index (Phi) is 13.3. The Labute approximate surface area is 331 Å².